The van der Waals surface area contributed by atoms with Gasteiger partial charge in [-0.25, -0.2) is 4.98 Å². The molecule has 1 aliphatic heterocycles. The Kier molecular flexibility index (Phi) is 7.72. The Bertz CT molecular complexity index is 1480. The number of para-hydroxylation sites is 1. The number of carbonyl (C=O) groups excluding carboxylic acids is 1. The normalized spacial score (nSPS) is 20.4. The second-order valence-electron chi connectivity index (χ2n) is 10.4. The molecule has 214 valence electrons. The number of primary amides is 1. The maximum absolute atomic E-state index is 11.6. The number of aryl methyl sites for hydroxylation is 1. The van der Waals surface area contributed by atoms with Crippen molar-refractivity contribution in [3.63, 3.8) is 0 Å². The van der Waals surface area contributed by atoms with Crippen LogP contribution in [0.15, 0.2) is 50.3 Å². The van der Waals surface area contributed by atoms with Crippen LogP contribution in [0.2, 0.25) is 0 Å². The molecule has 0 spiro atoms. The molecule has 4 aromatic rings. The SMILES string of the molecule is COc1ccccc1[C@@H](Cn1on(CC2CC(C(N)=O)C2)oc2c(C)c(-c3ncco3)sc21)OC1CCOCC1. The predicted molar refractivity (Wildman–Crippen MR) is 146 cm³/mol. The van der Waals surface area contributed by atoms with E-state index in [1.54, 1.807) is 19.6 Å². The highest BCUT2D eigenvalue weighted by Gasteiger charge is 2.34. The van der Waals surface area contributed by atoms with E-state index in [4.69, 9.17) is 33.5 Å². The van der Waals surface area contributed by atoms with Gasteiger partial charge >= 0.3 is 0 Å². The van der Waals surface area contributed by atoms with Crippen molar-refractivity contribution in [3.05, 3.63) is 47.9 Å². The molecule has 0 unspecified atom stereocenters. The minimum absolute atomic E-state index is 0.0499. The Morgan fingerprint density at radius 2 is 2.05 bits per heavy atom. The average molecular weight is 571 g/mol. The van der Waals surface area contributed by atoms with Crippen molar-refractivity contribution in [3.8, 4) is 16.5 Å². The molecule has 1 saturated carbocycles. The maximum Gasteiger partial charge on any atom is 0.236 e. The first-order valence-electron chi connectivity index (χ1n) is 13.6. The number of rotatable bonds is 10. The van der Waals surface area contributed by atoms with Crippen LogP contribution in [0, 0.1) is 18.8 Å². The molecule has 4 heterocycles. The van der Waals surface area contributed by atoms with E-state index in [2.05, 4.69) is 4.98 Å². The fourth-order valence-corrected chi connectivity index (χ4v) is 6.54. The first kappa shape index (κ1) is 26.7. The molecular formula is C28H34N4O7S. The number of carbonyl (C=O) groups is 1. The van der Waals surface area contributed by atoms with Crippen LogP contribution < -0.4 is 10.5 Å². The number of nitrogens with zero attached hydrogens (tertiary/aromatic N) is 3. The first-order chi connectivity index (χ1) is 19.5. The number of ether oxygens (including phenoxy) is 3. The van der Waals surface area contributed by atoms with Crippen LogP contribution in [-0.2, 0) is 27.4 Å². The molecule has 3 aromatic heterocycles. The van der Waals surface area contributed by atoms with Gasteiger partial charge < -0.3 is 28.9 Å². The van der Waals surface area contributed by atoms with E-state index in [1.807, 2.05) is 35.9 Å². The van der Waals surface area contributed by atoms with Gasteiger partial charge in [0.05, 0.1) is 37.4 Å². The standard InChI is InChI=1S/C28H34N4O7S/c1-17-24-28(40-25(17)27-30-9-12-36-27)31(39-32(38-24)15-18-13-19(14-18)26(29)33)16-23(37-20-7-10-35-11-8-20)21-5-3-4-6-22(21)34-2/h3-6,9,12,18-20,23H,7-8,10-11,13-16H2,1-2H3,(H2,29,33)/t18?,19?,23-/m1/s1. The lowest BCUT2D eigenvalue weighted by Crippen LogP contribution is -2.37. The van der Waals surface area contributed by atoms with Crippen molar-refractivity contribution in [1.29, 1.82) is 0 Å². The monoisotopic (exact) mass is 570 g/mol. The van der Waals surface area contributed by atoms with Gasteiger partial charge in [-0.1, -0.05) is 18.2 Å². The van der Waals surface area contributed by atoms with Gasteiger partial charge in [0.2, 0.25) is 17.4 Å². The minimum Gasteiger partial charge on any atom is -0.496 e. The highest BCUT2D eigenvalue weighted by atomic mass is 32.1. The number of nitrogens with two attached hydrogens (primary N) is 1. The van der Waals surface area contributed by atoms with Gasteiger partial charge in [0.1, 0.15) is 18.1 Å². The summed E-state index contributed by atoms with van der Waals surface area (Å²) < 4.78 is 38.1. The lowest BCUT2D eigenvalue weighted by Gasteiger charge is -2.32. The summed E-state index contributed by atoms with van der Waals surface area (Å²) in [6, 6.07) is 7.90. The number of benzene rings is 1. The number of thiophene rings is 1. The molecule has 1 saturated heterocycles. The van der Waals surface area contributed by atoms with E-state index < -0.39 is 0 Å². The van der Waals surface area contributed by atoms with Crippen molar-refractivity contribution in [1.82, 2.24) is 14.6 Å². The first-order valence-corrected chi connectivity index (χ1v) is 14.4. The second-order valence-corrected chi connectivity index (χ2v) is 11.4. The molecule has 6 rings (SSSR count). The molecule has 12 heteroatoms. The van der Waals surface area contributed by atoms with E-state index in [1.165, 1.54) is 16.2 Å². The molecule has 0 bridgehead atoms. The van der Waals surface area contributed by atoms with Crippen molar-refractivity contribution < 1.29 is 32.6 Å². The number of fused-ring (bicyclic) bond motifs is 1. The summed E-state index contributed by atoms with van der Waals surface area (Å²) in [5.74, 6) is 1.16. The predicted octanol–water partition coefficient (Wildman–Crippen LogP) is 5.24. The van der Waals surface area contributed by atoms with E-state index in [-0.39, 0.29) is 30.0 Å². The smallest absolute Gasteiger partial charge is 0.236 e. The molecule has 0 radical (unpaired) electrons. The van der Waals surface area contributed by atoms with Crippen LogP contribution in [0.4, 0.5) is 0 Å². The van der Waals surface area contributed by atoms with E-state index in [9.17, 15) is 4.79 Å². The molecule has 2 aliphatic rings. The van der Waals surface area contributed by atoms with Crippen LogP contribution in [0.1, 0.15) is 42.9 Å². The Morgan fingerprint density at radius 3 is 2.77 bits per heavy atom. The van der Waals surface area contributed by atoms with E-state index in [0.29, 0.717) is 50.6 Å². The molecule has 1 aliphatic carbocycles. The summed E-state index contributed by atoms with van der Waals surface area (Å²) in [5, 5.41) is 0. The summed E-state index contributed by atoms with van der Waals surface area (Å²) in [6.07, 6.45) is 5.94. The molecule has 1 amide bonds. The summed E-state index contributed by atoms with van der Waals surface area (Å²) in [7, 11) is 1.67. The maximum atomic E-state index is 11.6. The summed E-state index contributed by atoms with van der Waals surface area (Å²) >= 11 is 1.49. The topological polar surface area (TPSA) is 133 Å². The molecule has 11 nitrogen and oxygen atoms in total. The van der Waals surface area contributed by atoms with Crippen molar-refractivity contribution in [2.45, 2.75) is 57.9 Å². The number of oxazole rings is 1. The number of methoxy groups -OCH3 is 1. The third kappa shape index (κ3) is 5.43. The Hall–Kier alpha value is -3.48. The zero-order valence-corrected chi connectivity index (χ0v) is 23.4. The summed E-state index contributed by atoms with van der Waals surface area (Å²) in [4.78, 5) is 19.1. The zero-order chi connectivity index (χ0) is 27.6. The second kappa shape index (κ2) is 11.6. The molecule has 1 aromatic carbocycles. The third-order valence-corrected chi connectivity index (χ3v) is 8.97. The molecule has 1 atom stereocenters. The zero-order valence-electron chi connectivity index (χ0n) is 22.6. The largest absolute Gasteiger partial charge is 0.496 e. The average Bonchev–Trinajstić information content (AvgIpc) is 3.59. The van der Waals surface area contributed by atoms with Crippen molar-refractivity contribution in [2.75, 3.05) is 20.3 Å². The lowest BCUT2D eigenvalue weighted by atomic mass is 9.74. The molecule has 2 fully saturated rings. The van der Waals surface area contributed by atoms with Crippen molar-refractivity contribution >= 4 is 27.7 Å². The van der Waals surface area contributed by atoms with Gasteiger partial charge in [0.25, 0.3) is 0 Å². The molecule has 40 heavy (non-hydrogen) atoms. The lowest BCUT2D eigenvalue weighted by molar-refractivity contribution is -0.128. The fourth-order valence-electron chi connectivity index (χ4n) is 5.42. The number of amides is 1. The number of aromatic nitrogens is 3. The fraction of sp³-hybridized carbons (Fsp3) is 0.500. The van der Waals surface area contributed by atoms with Crippen molar-refractivity contribution in [2.24, 2.45) is 17.6 Å². The minimum atomic E-state index is -0.359. The van der Waals surface area contributed by atoms with Crippen LogP contribution in [-0.4, -0.2) is 47.0 Å². The van der Waals surface area contributed by atoms with Gasteiger partial charge in [-0.05, 0) is 49.5 Å². The Morgan fingerprint density at radius 1 is 1.25 bits per heavy atom. The highest BCUT2D eigenvalue weighted by molar-refractivity contribution is 7.22. The van der Waals surface area contributed by atoms with Crippen LogP contribution in [0.25, 0.3) is 21.2 Å². The van der Waals surface area contributed by atoms with Gasteiger partial charge in [-0.3, -0.25) is 9.42 Å². The molecule has 2 N–H and O–H groups in total. The van der Waals surface area contributed by atoms with Gasteiger partial charge in [-0.15, -0.1) is 11.3 Å². The van der Waals surface area contributed by atoms with Gasteiger partial charge in [0.15, 0.2) is 4.83 Å². The van der Waals surface area contributed by atoms with E-state index in [0.717, 1.165) is 39.4 Å². The quantitative estimate of drug-likeness (QED) is 0.274. The Labute approximate surface area is 235 Å². The van der Waals surface area contributed by atoms with Crippen LogP contribution in [0.3, 0.4) is 0 Å². The number of hydrogen-bond acceptors (Lipinski definition) is 9. The Balaban J connectivity index is 1.40. The summed E-state index contributed by atoms with van der Waals surface area (Å²) in [6.45, 7) is 4.20. The van der Waals surface area contributed by atoms with Crippen LogP contribution >= 0.6 is 11.3 Å². The summed E-state index contributed by atoms with van der Waals surface area (Å²) in [5.41, 5.74) is 8.01. The van der Waals surface area contributed by atoms with Gasteiger partial charge in [0, 0.05) is 30.3 Å². The van der Waals surface area contributed by atoms with Crippen LogP contribution in [0.5, 0.6) is 5.75 Å². The number of hydrogen-bond donors (Lipinski definition) is 1. The van der Waals surface area contributed by atoms with E-state index >= 15 is 0 Å². The highest BCUT2D eigenvalue weighted by Crippen LogP contribution is 2.40. The van der Waals surface area contributed by atoms with Gasteiger partial charge in [-0.2, -0.15) is 4.74 Å². The molecular weight excluding hydrogens is 536 g/mol. The third-order valence-electron chi connectivity index (χ3n) is 7.70.